The molecule has 66 valence electrons. The Hall–Kier alpha value is -0.970. The van der Waals surface area contributed by atoms with Crippen molar-refractivity contribution in [1.29, 1.82) is 0 Å². The van der Waals surface area contributed by atoms with Crippen LogP contribution in [0.25, 0.3) is 0 Å². The van der Waals surface area contributed by atoms with E-state index in [9.17, 15) is 18.0 Å². The van der Waals surface area contributed by atoms with Gasteiger partial charge >= 0.3 is 6.18 Å². The van der Waals surface area contributed by atoms with Crippen LogP contribution in [0.1, 0.15) is 5.69 Å². The summed E-state index contributed by atoms with van der Waals surface area (Å²) in [6, 6.07) is 0.928. The topological polar surface area (TPSA) is 32.9 Å². The van der Waals surface area contributed by atoms with E-state index in [2.05, 4.69) is 0 Å². The maximum Gasteiger partial charge on any atom is 0.432 e. The molecule has 0 amide bonds. The molecule has 1 rings (SSSR count). The average Bonchev–Trinajstić information content (AvgIpc) is 1.92. The van der Waals surface area contributed by atoms with Gasteiger partial charge in [-0.3, -0.25) is 4.79 Å². The van der Waals surface area contributed by atoms with Crippen LogP contribution >= 0.6 is 11.6 Å². The first-order valence-electron chi connectivity index (χ1n) is 2.87. The first-order valence-corrected chi connectivity index (χ1v) is 3.25. The quantitative estimate of drug-likeness (QED) is 0.678. The van der Waals surface area contributed by atoms with Gasteiger partial charge in [-0.05, 0) is 0 Å². The van der Waals surface area contributed by atoms with Crippen molar-refractivity contribution in [2.24, 2.45) is 0 Å². The predicted octanol–water partition coefficient (Wildman–Crippen LogP) is 2.05. The SMILES string of the molecule is O=c1cc[nH]c(C(F)(F)F)c1Cl. The third-order valence-corrected chi connectivity index (χ3v) is 1.56. The number of alkyl halides is 3. The molecular formula is C6H3ClF3NO. The average molecular weight is 198 g/mol. The molecule has 0 unspecified atom stereocenters. The van der Waals surface area contributed by atoms with E-state index in [-0.39, 0.29) is 0 Å². The Balaban J connectivity index is 3.36. The fourth-order valence-electron chi connectivity index (χ4n) is 0.667. The molecule has 0 aliphatic rings. The second-order valence-corrected chi connectivity index (χ2v) is 2.41. The summed E-state index contributed by atoms with van der Waals surface area (Å²) in [5.41, 5.74) is -2.06. The number of hydrogen-bond acceptors (Lipinski definition) is 1. The lowest BCUT2D eigenvalue weighted by Crippen LogP contribution is -2.14. The number of halogens is 4. The fraction of sp³-hybridized carbons (Fsp3) is 0.167. The molecule has 1 aromatic heterocycles. The Morgan fingerprint density at radius 1 is 1.42 bits per heavy atom. The summed E-state index contributed by atoms with van der Waals surface area (Å²) < 4.78 is 35.9. The van der Waals surface area contributed by atoms with E-state index in [1.807, 2.05) is 4.98 Å². The molecule has 0 aliphatic heterocycles. The maximum absolute atomic E-state index is 12.0. The highest BCUT2D eigenvalue weighted by Gasteiger charge is 2.34. The first kappa shape index (κ1) is 9.12. The molecule has 12 heavy (non-hydrogen) atoms. The largest absolute Gasteiger partial charge is 0.432 e. The number of rotatable bonds is 0. The third-order valence-electron chi connectivity index (χ3n) is 1.18. The van der Waals surface area contributed by atoms with E-state index >= 15 is 0 Å². The predicted molar refractivity (Wildman–Crippen MR) is 37.1 cm³/mol. The van der Waals surface area contributed by atoms with E-state index in [0.29, 0.717) is 0 Å². The normalized spacial score (nSPS) is 11.7. The van der Waals surface area contributed by atoms with E-state index in [1.54, 1.807) is 0 Å². The van der Waals surface area contributed by atoms with Gasteiger partial charge in [0.1, 0.15) is 10.7 Å². The van der Waals surface area contributed by atoms with Gasteiger partial charge < -0.3 is 4.98 Å². The van der Waals surface area contributed by atoms with Crippen molar-refractivity contribution in [2.75, 3.05) is 0 Å². The molecule has 0 saturated heterocycles. The highest BCUT2D eigenvalue weighted by molar-refractivity contribution is 6.31. The van der Waals surface area contributed by atoms with Gasteiger partial charge in [0.15, 0.2) is 0 Å². The summed E-state index contributed by atoms with van der Waals surface area (Å²) >= 11 is 5.11. The van der Waals surface area contributed by atoms with E-state index in [4.69, 9.17) is 11.6 Å². The highest BCUT2D eigenvalue weighted by atomic mass is 35.5. The van der Waals surface area contributed by atoms with Crippen molar-refractivity contribution in [3.8, 4) is 0 Å². The summed E-state index contributed by atoms with van der Waals surface area (Å²) in [7, 11) is 0. The molecule has 0 aromatic carbocycles. The summed E-state index contributed by atoms with van der Waals surface area (Å²) in [4.78, 5) is 12.5. The monoisotopic (exact) mass is 197 g/mol. The van der Waals surface area contributed by atoms with E-state index in [1.165, 1.54) is 0 Å². The Bertz CT molecular complexity index is 343. The summed E-state index contributed by atoms with van der Waals surface area (Å²) in [6.07, 6.45) is -3.71. The lowest BCUT2D eigenvalue weighted by molar-refractivity contribution is -0.141. The maximum atomic E-state index is 12.0. The van der Waals surface area contributed by atoms with Gasteiger partial charge in [-0.1, -0.05) is 11.6 Å². The minimum atomic E-state index is -4.61. The number of pyridine rings is 1. The molecule has 6 heteroatoms. The summed E-state index contributed by atoms with van der Waals surface area (Å²) in [6.45, 7) is 0. The summed E-state index contributed by atoms with van der Waals surface area (Å²) in [5, 5.41) is -0.829. The fourth-order valence-corrected chi connectivity index (χ4v) is 0.891. The number of H-pyrrole nitrogens is 1. The zero-order chi connectivity index (χ0) is 9.35. The molecule has 0 radical (unpaired) electrons. The number of hydrogen-bond donors (Lipinski definition) is 1. The highest BCUT2D eigenvalue weighted by Crippen LogP contribution is 2.30. The van der Waals surface area contributed by atoms with E-state index < -0.39 is 22.3 Å². The molecule has 0 saturated carbocycles. The molecule has 0 atom stereocenters. The molecule has 1 heterocycles. The second kappa shape index (κ2) is 2.82. The Morgan fingerprint density at radius 2 is 2.00 bits per heavy atom. The van der Waals surface area contributed by atoms with Crippen LogP contribution in [-0.4, -0.2) is 4.98 Å². The molecule has 1 aromatic rings. The van der Waals surface area contributed by atoms with Crippen LogP contribution in [-0.2, 0) is 6.18 Å². The van der Waals surface area contributed by atoms with Gasteiger partial charge in [0.2, 0.25) is 5.43 Å². The number of aromatic amines is 1. The van der Waals surface area contributed by atoms with Crippen molar-refractivity contribution < 1.29 is 13.2 Å². The first-order chi connectivity index (χ1) is 5.43. The lowest BCUT2D eigenvalue weighted by atomic mass is 10.3. The van der Waals surface area contributed by atoms with Crippen molar-refractivity contribution in [3.05, 3.63) is 33.2 Å². The molecule has 0 spiro atoms. The molecule has 0 fully saturated rings. The Labute approximate surface area is 70.0 Å². The van der Waals surface area contributed by atoms with Crippen LogP contribution in [0, 0.1) is 0 Å². The Morgan fingerprint density at radius 3 is 2.42 bits per heavy atom. The minimum Gasteiger partial charge on any atom is -0.356 e. The molecular weight excluding hydrogens is 195 g/mol. The van der Waals surface area contributed by atoms with Crippen LogP contribution in [0.3, 0.4) is 0 Å². The lowest BCUT2D eigenvalue weighted by Gasteiger charge is -2.06. The van der Waals surface area contributed by atoms with Crippen LogP contribution in [0.5, 0.6) is 0 Å². The molecule has 1 N–H and O–H groups in total. The molecule has 0 bridgehead atoms. The number of aromatic nitrogens is 1. The van der Waals surface area contributed by atoms with Crippen molar-refractivity contribution in [1.82, 2.24) is 4.98 Å². The van der Waals surface area contributed by atoms with Crippen molar-refractivity contribution in [3.63, 3.8) is 0 Å². The minimum absolute atomic E-state index is 0.829. The van der Waals surface area contributed by atoms with Gasteiger partial charge in [-0.25, -0.2) is 0 Å². The van der Waals surface area contributed by atoms with Gasteiger partial charge in [0.05, 0.1) is 0 Å². The Kier molecular flexibility index (Phi) is 2.14. The van der Waals surface area contributed by atoms with Crippen molar-refractivity contribution in [2.45, 2.75) is 6.18 Å². The van der Waals surface area contributed by atoms with Crippen LogP contribution in [0.4, 0.5) is 13.2 Å². The van der Waals surface area contributed by atoms with E-state index in [0.717, 1.165) is 12.3 Å². The number of nitrogens with one attached hydrogen (secondary N) is 1. The standard InChI is InChI=1S/C6H3ClF3NO/c7-4-3(12)1-2-11-5(4)6(8,9)10/h1-2H,(H,11,12). The zero-order valence-electron chi connectivity index (χ0n) is 5.57. The van der Waals surface area contributed by atoms with Crippen LogP contribution in [0.15, 0.2) is 17.1 Å². The van der Waals surface area contributed by atoms with Crippen LogP contribution < -0.4 is 5.43 Å². The smallest absolute Gasteiger partial charge is 0.356 e. The third kappa shape index (κ3) is 1.61. The van der Waals surface area contributed by atoms with Gasteiger partial charge in [0, 0.05) is 12.3 Å². The van der Waals surface area contributed by atoms with Crippen molar-refractivity contribution >= 4 is 11.6 Å². The summed E-state index contributed by atoms with van der Waals surface area (Å²) in [5.74, 6) is 0. The molecule has 0 aliphatic carbocycles. The second-order valence-electron chi connectivity index (χ2n) is 2.03. The zero-order valence-corrected chi connectivity index (χ0v) is 6.33. The van der Waals surface area contributed by atoms with Gasteiger partial charge in [-0.15, -0.1) is 0 Å². The van der Waals surface area contributed by atoms with Gasteiger partial charge in [0.25, 0.3) is 0 Å². The molecule has 2 nitrogen and oxygen atoms in total. The van der Waals surface area contributed by atoms with Gasteiger partial charge in [-0.2, -0.15) is 13.2 Å². The van der Waals surface area contributed by atoms with Crippen LogP contribution in [0.2, 0.25) is 5.02 Å².